The van der Waals surface area contributed by atoms with Gasteiger partial charge in [-0.15, -0.1) is 0 Å². The summed E-state index contributed by atoms with van der Waals surface area (Å²) in [4.78, 5) is 22.9. The fourth-order valence-corrected chi connectivity index (χ4v) is 2.53. The molecule has 6 heteroatoms. The van der Waals surface area contributed by atoms with E-state index >= 15 is 0 Å². The molecule has 1 aromatic heterocycles. The molecule has 2 bridgehead atoms. The molecule has 3 rings (SSSR count). The van der Waals surface area contributed by atoms with Crippen LogP contribution in [0.5, 0.6) is 0 Å². The maximum atomic E-state index is 11.5. The molecule has 2 atom stereocenters. The molecule has 2 N–H and O–H groups in total. The van der Waals surface area contributed by atoms with Crippen molar-refractivity contribution in [2.24, 2.45) is 0 Å². The number of hydrogen-bond donors (Lipinski definition) is 1. The van der Waals surface area contributed by atoms with Gasteiger partial charge in [0.15, 0.2) is 0 Å². The Balaban J connectivity index is 2.44. The molecular weight excluding hydrogens is 172 g/mol. The molecule has 2 heterocycles. The predicted molar refractivity (Wildman–Crippen MR) is 45.0 cm³/mol. The number of fused-ring (bicyclic) bond motifs is 5. The summed E-state index contributed by atoms with van der Waals surface area (Å²) < 4.78 is 3.72. The second-order valence-electron chi connectivity index (χ2n) is 3.74. The lowest BCUT2D eigenvalue weighted by Crippen LogP contribution is -2.36. The minimum absolute atomic E-state index is 0.204. The molecule has 13 heavy (non-hydrogen) atoms. The topological polar surface area (TPSA) is 74.9 Å². The van der Waals surface area contributed by atoms with Crippen molar-refractivity contribution in [1.29, 1.82) is 0 Å². The molecular formula is C7H10N4O2. The second kappa shape index (κ2) is 1.89. The maximum absolute atomic E-state index is 11.5. The first kappa shape index (κ1) is 6.99. The zero-order chi connectivity index (χ0) is 9.16. The molecule has 6 nitrogen and oxygen atoms in total. The Morgan fingerprint density at radius 2 is 1.54 bits per heavy atom. The number of rotatable bonds is 0. The van der Waals surface area contributed by atoms with E-state index in [4.69, 9.17) is 5.84 Å². The Kier molecular flexibility index (Phi) is 1.02. The van der Waals surface area contributed by atoms with Crippen LogP contribution >= 0.6 is 0 Å². The molecule has 2 unspecified atom stereocenters. The van der Waals surface area contributed by atoms with E-state index < -0.39 is 0 Å². The van der Waals surface area contributed by atoms with Crippen LogP contribution in [0.4, 0.5) is 0 Å². The molecule has 70 valence electrons. The Labute approximate surface area is 73.1 Å². The van der Waals surface area contributed by atoms with Crippen LogP contribution in [0.1, 0.15) is 31.3 Å². The lowest BCUT2D eigenvalue weighted by molar-refractivity contribution is 0.374. The Morgan fingerprint density at radius 1 is 1.08 bits per heavy atom. The number of hydrogen-bond acceptors (Lipinski definition) is 3. The van der Waals surface area contributed by atoms with Crippen LogP contribution in [-0.4, -0.2) is 14.0 Å². The van der Waals surface area contributed by atoms with Gasteiger partial charge in [-0.05, 0) is 19.3 Å². The van der Waals surface area contributed by atoms with E-state index in [1.54, 1.807) is 0 Å². The van der Waals surface area contributed by atoms with Crippen molar-refractivity contribution in [3.63, 3.8) is 0 Å². The molecule has 1 aliphatic carbocycles. The van der Waals surface area contributed by atoms with Crippen molar-refractivity contribution in [2.45, 2.75) is 31.3 Å². The quantitative estimate of drug-likeness (QED) is 0.512. The summed E-state index contributed by atoms with van der Waals surface area (Å²) in [5.74, 6) is 5.32. The van der Waals surface area contributed by atoms with Gasteiger partial charge in [-0.1, -0.05) is 0 Å². The third kappa shape index (κ3) is 0.609. The van der Waals surface area contributed by atoms with E-state index in [-0.39, 0.29) is 23.5 Å². The Hall–Kier alpha value is -1.46. The standard InChI is InChI=1S/C7H10N4O2/c8-9-6(12)10-4-1-2-5(3-4)11(10)7(9)13/h4-5H,1-3,8H2. The van der Waals surface area contributed by atoms with Crippen molar-refractivity contribution in [3.05, 3.63) is 21.0 Å². The highest BCUT2D eigenvalue weighted by Gasteiger charge is 2.40. The van der Waals surface area contributed by atoms with Crippen LogP contribution in [0.25, 0.3) is 0 Å². The fraction of sp³-hybridized carbons (Fsp3) is 0.714. The monoisotopic (exact) mass is 182 g/mol. The SMILES string of the molecule is Nn1c(=O)n2n(c1=O)C1CCC2C1. The van der Waals surface area contributed by atoms with Crippen LogP contribution in [-0.2, 0) is 0 Å². The zero-order valence-corrected chi connectivity index (χ0v) is 7.01. The lowest BCUT2D eigenvalue weighted by Gasteiger charge is -2.13. The minimum Gasteiger partial charge on any atom is -0.331 e. The summed E-state index contributed by atoms with van der Waals surface area (Å²) in [5.41, 5.74) is -0.755. The molecule has 1 fully saturated rings. The van der Waals surface area contributed by atoms with Crippen LogP contribution in [0, 0.1) is 0 Å². The lowest BCUT2D eigenvalue weighted by atomic mass is 10.3. The highest BCUT2D eigenvalue weighted by molar-refractivity contribution is 4.94. The first-order valence-electron chi connectivity index (χ1n) is 4.41. The molecule has 1 saturated carbocycles. The molecule has 2 aliphatic rings. The fourth-order valence-electron chi connectivity index (χ4n) is 2.53. The number of nitrogens with two attached hydrogens (primary N) is 1. The van der Waals surface area contributed by atoms with E-state index in [1.165, 1.54) is 9.36 Å². The molecule has 1 aliphatic heterocycles. The van der Waals surface area contributed by atoms with Crippen LogP contribution in [0.2, 0.25) is 0 Å². The first-order chi connectivity index (χ1) is 6.20. The van der Waals surface area contributed by atoms with E-state index in [1.807, 2.05) is 0 Å². The Bertz CT molecular complexity index is 438. The highest BCUT2D eigenvalue weighted by atomic mass is 16.2. The molecule has 0 radical (unpaired) electrons. The van der Waals surface area contributed by atoms with Crippen molar-refractivity contribution in [1.82, 2.24) is 14.0 Å². The molecule has 0 spiro atoms. The van der Waals surface area contributed by atoms with Gasteiger partial charge in [-0.25, -0.2) is 19.0 Å². The summed E-state index contributed by atoms with van der Waals surface area (Å²) >= 11 is 0. The normalized spacial score (nSPS) is 29.5. The third-order valence-corrected chi connectivity index (χ3v) is 3.11. The third-order valence-electron chi connectivity index (χ3n) is 3.11. The molecule has 1 aromatic rings. The van der Waals surface area contributed by atoms with Gasteiger partial charge in [0, 0.05) is 0 Å². The maximum Gasteiger partial charge on any atom is 0.366 e. The molecule has 0 saturated heterocycles. The summed E-state index contributed by atoms with van der Waals surface area (Å²) in [7, 11) is 0. The van der Waals surface area contributed by atoms with E-state index in [0.717, 1.165) is 19.3 Å². The van der Waals surface area contributed by atoms with Gasteiger partial charge in [0.2, 0.25) is 0 Å². The first-order valence-corrected chi connectivity index (χ1v) is 4.41. The van der Waals surface area contributed by atoms with Crippen LogP contribution in [0.3, 0.4) is 0 Å². The second-order valence-corrected chi connectivity index (χ2v) is 3.74. The van der Waals surface area contributed by atoms with E-state index in [2.05, 4.69) is 0 Å². The average Bonchev–Trinajstić information content (AvgIpc) is 2.76. The van der Waals surface area contributed by atoms with Crippen molar-refractivity contribution in [2.75, 3.05) is 5.84 Å². The summed E-state index contributed by atoms with van der Waals surface area (Å²) in [6.07, 6.45) is 2.91. The van der Waals surface area contributed by atoms with Gasteiger partial charge < -0.3 is 5.84 Å². The predicted octanol–water partition coefficient (Wildman–Crippen LogP) is -1.20. The van der Waals surface area contributed by atoms with Crippen LogP contribution < -0.4 is 17.2 Å². The molecule has 0 amide bonds. The van der Waals surface area contributed by atoms with Gasteiger partial charge in [0.1, 0.15) is 0 Å². The van der Waals surface area contributed by atoms with E-state index in [9.17, 15) is 9.59 Å². The summed E-state index contributed by atoms with van der Waals surface area (Å²) in [5, 5.41) is 0. The Morgan fingerprint density at radius 3 is 2.00 bits per heavy atom. The van der Waals surface area contributed by atoms with Gasteiger partial charge in [-0.3, -0.25) is 0 Å². The smallest absolute Gasteiger partial charge is 0.331 e. The minimum atomic E-state index is -0.378. The van der Waals surface area contributed by atoms with Gasteiger partial charge in [0.05, 0.1) is 12.1 Å². The van der Waals surface area contributed by atoms with Crippen molar-refractivity contribution >= 4 is 0 Å². The average molecular weight is 182 g/mol. The number of nitrogen functional groups attached to an aromatic ring is 1. The van der Waals surface area contributed by atoms with Crippen LogP contribution in [0.15, 0.2) is 9.59 Å². The van der Waals surface area contributed by atoms with Crippen molar-refractivity contribution < 1.29 is 0 Å². The van der Waals surface area contributed by atoms with Gasteiger partial charge in [0.25, 0.3) is 0 Å². The van der Waals surface area contributed by atoms with Gasteiger partial charge >= 0.3 is 11.4 Å². The highest BCUT2D eigenvalue weighted by Crippen LogP contribution is 2.41. The van der Waals surface area contributed by atoms with E-state index in [0.29, 0.717) is 4.68 Å². The number of aromatic nitrogens is 3. The summed E-state index contributed by atoms with van der Waals surface area (Å²) in [6.45, 7) is 0. The zero-order valence-electron chi connectivity index (χ0n) is 7.01. The number of nitrogens with zero attached hydrogens (tertiary/aromatic N) is 3. The van der Waals surface area contributed by atoms with Crippen molar-refractivity contribution in [3.8, 4) is 0 Å². The largest absolute Gasteiger partial charge is 0.366 e. The summed E-state index contributed by atoms with van der Waals surface area (Å²) in [6, 6.07) is 0.407. The van der Waals surface area contributed by atoms with Gasteiger partial charge in [-0.2, -0.15) is 4.68 Å². The molecule has 0 aromatic carbocycles.